The van der Waals surface area contributed by atoms with Crippen LogP contribution in [0.1, 0.15) is 25.3 Å². The number of halogens is 1. The van der Waals surface area contributed by atoms with Gasteiger partial charge in [-0.25, -0.2) is 13.1 Å². The molecule has 0 unspecified atom stereocenters. The first kappa shape index (κ1) is 13.7. The molecule has 0 spiro atoms. The molecule has 1 aromatic carbocycles. The Balaban J connectivity index is 2.34. The van der Waals surface area contributed by atoms with Crippen LogP contribution in [-0.2, 0) is 10.0 Å². The number of rotatable bonds is 4. The molecular weight excluding hydrogens is 292 g/mol. The van der Waals surface area contributed by atoms with Gasteiger partial charge in [0.2, 0.25) is 10.0 Å². The zero-order valence-corrected chi connectivity index (χ0v) is 12.1. The lowest BCUT2D eigenvalue weighted by molar-refractivity contribution is 0.558. The molecule has 1 saturated carbocycles. The molecule has 0 aromatic heterocycles. The van der Waals surface area contributed by atoms with E-state index in [4.69, 9.17) is 29.6 Å². The van der Waals surface area contributed by atoms with E-state index >= 15 is 0 Å². The number of hydrogen-bond donors (Lipinski definition) is 2. The van der Waals surface area contributed by atoms with E-state index in [-0.39, 0.29) is 20.4 Å². The number of hydrogen-bond acceptors (Lipinski definition) is 3. The maximum Gasteiger partial charge on any atom is 0.241 e. The van der Waals surface area contributed by atoms with Crippen LogP contribution in [-0.4, -0.2) is 18.9 Å². The SMILES string of the molecule is CC1(NS(=O)(=O)c2ccc(C(N)=S)c(Cl)c2)CC1. The fourth-order valence-electron chi connectivity index (χ4n) is 1.54. The van der Waals surface area contributed by atoms with E-state index in [9.17, 15) is 8.42 Å². The highest BCUT2D eigenvalue weighted by Crippen LogP contribution is 2.36. The molecule has 0 radical (unpaired) electrons. The zero-order chi connectivity index (χ0) is 13.6. The van der Waals surface area contributed by atoms with E-state index in [1.165, 1.54) is 18.2 Å². The first-order valence-corrected chi connectivity index (χ1v) is 7.64. The van der Waals surface area contributed by atoms with Crippen molar-refractivity contribution in [1.29, 1.82) is 0 Å². The molecule has 3 N–H and O–H groups in total. The van der Waals surface area contributed by atoms with Crippen LogP contribution >= 0.6 is 23.8 Å². The molecule has 1 aliphatic rings. The Hall–Kier alpha value is -0.690. The van der Waals surface area contributed by atoms with E-state index < -0.39 is 10.0 Å². The van der Waals surface area contributed by atoms with Gasteiger partial charge in [-0.2, -0.15) is 0 Å². The molecule has 0 bridgehead atoms. The lowest BCUT2D eigenvalue weighted by Crippen LogP contribution is -2.34. The second-order valence-corrected chi connectivity index (χ2v) is 7.20. The van der Waals surface area contributed by atoms with Crippen LogP contribution in [0.2, 0.25) is 5.02 Å². The molecule has 4 nitrogen and oxygen atoms in total. The van der Waals surface area contributed by atoms with Crippen LogP contribution < -0.4 is 10.5 Å². The van der Waals surface area contributed by atoms with Crippen LogP contribution in [0, 0.1) is 0 Å². The van der Waals surface area contributed by atoms with Gasteiger partial charge in [-0.3, -0.25) is 0 Å². The third kappa shape index (κ3) is 2.83. The van der Waals surface area contributed by atoms with Crippen LogP contribution in [0.4, 0.5) is 0 Å². The highest BCUT2D eigenvalue weighted by Gasteiger charge is 2.41. The van der Waals surface area contributed by atoms with Crippen molar-refractivity contribution in [2.45, 2.75) is 30.2 Å². The summed E-state index contributed by atoms with van der Waals surface area (Å²) >= 11 is 10.8. The average Bonchev–Trinajstić information content (AvgIpc) is 2.94. The predicted molar refractivity (Wildman–Crippen MR) is 75.3 cm³/mol. The Kier molecular flexibility index (Phi) is 3.40. The summed E-state index contributed by atoms with van der Waals surface area (Å²) in [6.45, 7) is 1.87. The topological polar surface area (TPSA) is 72.2 Å². The smallest absolute Gasteiger partial charge is 0.241 e. The molecule has 0 amide bonds. The highest BCUT2D eigenvalue weighted by atomic mass is 35.5. The lowest BCUT2D eigenvalue weighted by Gasteiger charge is -2.13. The van der Waals surface area contributed by atoms with Gasteiger partial charge in [0.1, 0.15) is 4.99 Å². The summed E-state index contributed by atoms with van der Waals surface area (Å²) in [6.07, 6.45) is 1.70. The summed E-state index contributed by atoms with van der Waals surface area (Å²) < 4.78 is 26.8. The molecular formula is C11H13ClN2O2S2. The first-order chi connectivity index (χ1) is 8.23. The minimum Gasteiger partial charge on any atom is -0.389 e. The Morgan fingerprint density at radius 2 is 2.11 bits per heavy atom. The number of thiocarbonyl (C=S) groups is 1. The predicted octanol–water partition coefficient (Wildman–Crippen LogP) is 1.81. The molecule has 7 heteroatoms. The Morgan fingerprint density at radius 1 is 1.50 bits per heavy atom. The van der Waals surface area contributed by atoms with Gasteiger partial charge in [0, 0.05) is 11.1 Å². The van der Waals surface area contributed by atoms with Crippen molar-refractivity contribution in [3.63, 3.8) is 0 Å². The molecule has 98 valence electrons. The van der Waals surface area contributed by atoms with E-state index in [1.54, 1.807) is 0 Å². The maximum absolute atomic E-state index is 12.1. The molecule has 0 aliphatic heterocycles. The molecule has 1 aliphatic carbocycles. The largest absolute Gasteiger partial charge is 0.389 e. The van der Waals surface area contributed by atoms with Crippen molar-refractivity contribution >= 4 is 38.8 Å². The van der Waals surface area contributed by atoms with Gasteiger partial charge in [-0.15, -0.1) is 0 Å². The van der Waals surface area contributed by atoms with Crippen molar-refractivity contribution in [2.75, 3.05) is 0 Å². The molecule has 0 heterocycles. The summed E-state index contributed by atoms with van der Waals surface area (Å²) in [6, 6.07) is 4.34. The summed E-state index contributed by atoms with van der Waals surface area (Å²) in [7, 11) is -3.54. The van der Waals surface area contributed by atoms with E-state index in [0.717, 1.165) is 12.8 Å². The number of sulfonamides is 1. The molecule has 2 rings (SSSR count). The van der Waals surface area contributed by atoms with Crippen molar-refractivity contribution in [3.05, 3.63) is 28.8 Å². The summed E-state index contributed by atoms with van der Waals surface area (Å²) in [5.41, 5.74) is 5.63. The summed E-state index contributed by atoms with van der Waals surface area (Å²) in [5, 5.41) is 0.242. The van der Waals surface area contributed by atoms with E-state index in [1.807, 2.05) is 6.92 Å². The van der Waals surface area contributed by atoms with Gasteiger partial charge in [0.15, 0.2) is 0 Å². The normalized spacial score (nSPS) is 17.4. The van der Waals surface area contributed by atoms with Crippen LogP contribution in [0.15, 0.2) is 23.1 Å². The Labute approximate surface area is 117 Å². The third-order valence-corrected chi connectivity index (χ3v) is 5.07. The van der Waals surface area contributed by atoms with Gasteiger partial charge in [-0.1, -0.05) is 23.8 Å². The molecule has 1 fully saturated rings. The zero-order valence-electron chi connectivity index (χ0n) is 9.73. The van der Waals surface area contributed by atoms with Crippen LogP contribution in [0.3, 0.4) is 0 Å². The van der Waals surface area contributed by atoms with Crippen molar-refractivity contribution < 1.29 is 8.42 Å². The van der Waals surface area contributed by atoms with Gasteiger partial charge in [0.05, 0.1) is 9.92 Å². The molecule has 0 saturated heterocycles. The summed E-state index contributed by atoms with van der Waals surface area (Å²) in [4.78, 5) is 0.270. The average molecular weight is 305 g/mol. The summed E-state index contributed by atoms with van der Waals surface area (Å²) in [5.74, 6) is 0. The van der Waals surface area contributed by atoms with E-state index in [2.05, 4.69) is 4.72 Å². The highest BCUT2D eigenvalue weighted by molar-refractivity contribution is 7.89. The van der Waals surface area contributed by atoms with Crippen LogP contribution in [0.5, 0.6) is 0 Å². The minimum atomic E-state index is -3.54. The monoisotopic (exact) mass is 304 g/mol. The van der Waals surface area contributed by atoms with Gasteiger partial charge in [-0.05, 0) is 38.0 Å². The van der Waals surface area contributed by atoms with Crippen molar-refractivity contribution in [2.24, 2.45) is 5.73 Å². The molecule has 18 heavy (non-hydrogen) atoms. The first-order valence-electron chi connectivity index (χ1n) is 5.37. The molecule has 0 atom stereocenters. The number of nitrogens with two attached hydrogens (primary N) is 1. The molecule has 1 aromatic rings. The Bertz CT molecular complexity index is 609. The lowest BCUT2D eigenvalue weighted by atomic mass is 10.2. The fourth-order valence-corrected chi connectivity index (χ4v) is 3.61. The number of nitrogens with one attached hydrogen (secondary N) is 1. The second-order valence-electron chi connectivity index (χ2n) is 4.67. The standard InChI is InChI=1S/C11H13ClN2O2S2/c1-11(4-5-11)14-18(15,16)7-2-3-8(10(13)17)9(12)6-7/h2-3,6,14H,4-5H2,1H3,(H2,13,17). The third-order valence-electron chi connectivity index (χ3n) is 2.90. The van der Waals surface area contributed by atoms with E-state index in [0.29, 0.717) is 5.56 Å². The van der Waals surface area contributed by atoms with Gasteiger partial charge < -0.3 is 5.73 Å². The van der Waals surface area contributed by atoms with Crippen molar-refractivity contribution in [3.8, 4) is 0 Å². The van der Waals surface area contributed by atoms with Crippen LogP contribution in [0.25, 0.3) is 0 Å². The fraction of sp³-hybridized carbons (Fsp3) is 0.364. The Morgan fingerprint density at radius 3 is 2.56 bits per heavy atom. The van der Waals surface area contributed by atoms with Crippen molar-refractivity contribution in [1.82, 2.24) is 4.72 Å². The maximum atomic E-state index is 12.1. The number of benzene rings is 1. The minimum absolute atomic E-state index is 0.126. The quantitative estimate of drug-likeness (QED) is 0.832. The van der Waals surface area contributed by atoms with Gasteiger partial charge in [0.25, 0.3) is 0 Å². The van der Waals surface area contributed by atoms with Gasteiger partial charge >= 0.3 is 0 Å². The second kappa shape index (κ2) is 4.45.